The molecule has 3 aliphatic rings. The molecular weight excluding hydrogens is 641 g/mol. The monoisotopic (exact) mass is 682 g/mol. The first-order valence-electron chi connectivity index (χ1n) is 15.8. The number of nitrogens with zero attached hydrogens (tertiary/aromatic N) is 5. The SMILES string of the molecule is CNC(=O)CO[C@@H]1[C@@H](n2cc(-c3cc(F)c(F)c(F)c3)nn2)[C@@H](O)[C@@H](CO)O[C@@H]1CC1CC(C2CCN(C(=O)OC(C)(C)C)CC2)=NO1. The van der Waals surface area contributed by atoms with Gasteiger partial charge in [-0.05, 0) is 45.7 Å². The number of carbonyl (C=O) groups excluding carboxylic acids is 2. The van der Waals surface area contributed by atoms with Crippen LogP contribution in [0.1, 0.15) is 52.5 Å². The van der Waals surface area contributed by atoms with Crippen LogP contribution in [0, 0.1) is 23.4 Å². The van der Waals surface area contributed by atoms with Crippen molar-refractivity contribution in [1.82, 2.24) is 25.2 Å². The van der Waals surface area contributed by atoms with E-state index in [9.17, 15) is 33.0 Å². The fourth-order valence-electron chi connectivity index (χ4n) is 6.17. The summed E-state index contributed by atoms with van der Waals surface area (Å²) < 4.78 is 60.3. The van der Waals surface area contributed by atoms with Crippen LogP contribution in [0.3, 0.4) is 0 Å². The third kappa shape index (κ3) is 8.07. The van der Waals surface area contributed by atoms with Gasteiger partial charge in [0, 0.05) is 44.5 Å². The number of nitrogens with one attached hydrogen (secondary N) is 1. The molecule has 1 aromatic heterocycles. The molecule has 264 valence electrons. The van der Waals surface area contributed by atoms with Gasteiger partial charge in [0.25, 0.3) is 0 Å². The maximum atomic E-state index is 14.0. The molecule has 1 aromatic carbocycles. The van der Waals surface area contributed by atoms with Gasteiger partial charge in [-0.3, -0.25) is 4.79 Å². The van der Waals surface area contributed by atoms with Crippen molar-refractivity contribution in [3.63, 3.8) is 0 Å². The van der Waals surface area contributed by atoms with E-state index in [0.29, 0.717) is 32.4 Å². The van der Waals surface area contributed by atoms with Crippen molar-refractivity contribution < 1.29 is 52.0 Å². The summed E-state index contributed by atoms with van der Waals surface area (Å²) in [6, 6.07) is 0.450. The Bertz CT molecular complexity index is 1470. The minimum absolute atomic E-state index is 0.0245. The highest BCUT2D eigenvalue weighted by Gasteiger charge is 2.49. The molecule has 0 radical (unpaired) electrons. The van der Waals surface area contributed by atoms with E-state index in [2.05, 4.69) is 20.8 Å². The fraction of sp³-hybridized carbons (Fsp3) is 0.645. The van der Waals surface area contributed by atoms with E-state index in [1.807, 2.05) is 20.8 Å². The lowest BCUT2D eigenvalue weighted by molar-refractivity contribution is -0.224. The predicted octanol–water partition coefficient (Wildman–Crippen LogP) is 2.34. The molecule has 1 unspecified atom stereocenters. The highest BCUT2D eigenvalue weighted by Crippen LogP contribution is 2.37. The third-order valence-corrected chi connectivity index (χ3v) is 8.61. The first-order chi connectivity index (χ1) is 22.8. The molecule has 0 bridgehead atoms. The maximum absolute atomic E-state index is 14.0. The lowest BCUT2D eigenvalue weighted by Gasteiger charge is -2.44. The Morgan fingerprint density at radius 1 is 1.12 bits per heavy atom. The average Bonchev–Trinajstić information content (AvgIpc) is 3.73. The number of halogens is 3. The Hall–Kier alpha value is -3.80. The second kappa shape index (κ2) is 14.8. The molecule has 5 rings (SSSR count). The lowest BCUT2D eigenvalue weighted by atomic mass is 9.86. The summed E-state index contributed by atoms with van der Waals surface area (Å²) in [5.41, 5.74) is 0.134. The normalized spacial score (nSPS) is 26.6. The van der Waals surface area contributed by atoms with E-state index in [0.717, 1.165) is 17.8 Å². The average molecular weight is 683 g/mol. The Morgan fingerprint density at radius 3 is 2.44 bits per heavy atom. The van der Waals surface area contributed by atoms with Crippen molar-refractivity contribution in [3.8, 4) is 11.3 Å². The van der Waals surface area contributed by atoms with E-state index < -0.39 is 78.7 Å². The number of aliphatic hydroxyl groups is 2. The van der Waals surface area contributed by atoms with Crippen LogP contribution in [0.25, 0.3) is 11.3 Å². The molecule has 0 saturated carbocycles. The summed E-state index contributed by atoms with van der Waals surface area (Å²) in [6.07, 6.45) is -1.90. The topological polar surface area (TPSA) is 170 Å². The summed E-state index contributed by atoms with van der Waals surface area (Å²) in [6.45, 7) is 5.50. The number of hydrogen-bond acceptors (Lipinski definition) is 11. The number of ether oxygens (including phenoxy) is 3. The number of amides is 2. The van der Waals surface area contributed by atoms with Crippen LogP contribution in [0.5, 0.6) is 0 Å². The Balaban J connectivity index is 1.31. The highest BCUT2D eigenvalue weighted by molar-refractivity contribution is 5.88. The molecule has 48 heavy (non-hydrogen) atoms. The van der Waals surface area contributed by atoms with Gasteiger partial charge >= 0.3 is 6.09 Å². The molecule has 2 amide bonds. The van der Waals surface area contributed by atoms with E-state index in [1.165, 1.54) is 17.9 Å². The number of rotatable bonds is 9. The van der Waals surface area contributed by atoms with Crippen molar-refractivity contribution in [2.24, 2.45) is 11.1 Å². The van der Waals surface area contributed by atoms with Gasteiger partial charge in [-0.15, -0.1) is 5.10 Å². The van der Waals surface area contributed by atoms with Gasteiger partial charge in [0.05, 0.1) is 24.6 Å². The summed E-state index contributed by atoms with van der Waals surface area (Å²) in [5, 5.41) is 36.2. The van der Waals surface area contributed by atoms with Crippen LogP contribution < -0.4 is 5.32 Å². The number of hydrogen-bond donors (Lipinski definition) is 3. The quantitative estimate of drug-likeness (QED) is 0.334. The van der Waals surface area contributed by atoms with Crippen LogP contribution in [0.2, 0.25) is 0 Å². The van der Waals surface area contributed by atoms with Crippen molar-refractivity contribution >= 4 is 17.7 Å². The summed E-state index contributed by atoms with van der Waals surface area (Å²) >= 11 is 0. The smallest absolute Gasteiger partial charge is 0.410 e. The van der Waals surface area contributed by atoms with Gasteiger partial charge in [-0.25, -0.2) is 22.6 Å². The zero-order chi connectivity index (χ0) is 34.7. The summed E-state index contributed by atoms with van der Waals surface area (Å²) in [5.74, 6) is -4.82. The molecule has 14 nitrogen and oxygen atoms in total. The van der Waals surface area contributed by atoms with Crippen molar-refractivity contribution in [2.75, 3.05) is 33.4 Å². The molecule has 3 aliphatic heterocycles. The van der Waals surface area contributed by atoms with Gasteiger partial charge in [0.2, 0.25) is 5.91 Å². The maximum Gasteiger partial charge on any atom is 0.410 e. The number of piperidine rings is 1. The summed E-state index contributed by atoms with van der Waals surface area (Å²) in [7, 11) is 1.43. The molecule has 6 atom stereocenters. The van der Waals surface area contributed by atoms with E-state index >= 15 is 0 Å². The largest absolute Gasteiger partial charge is 0.444 e. The molecule has 0 spiro atoms. The zero-order valence-electron chi connectivity index (χ0n) is 27.1. The molecule has 2 saturated heterocycles. The summed E-state index contributed by atoms with van der Waals surface area (Å²) in [4.78, 5) is 32.2. The van der Waals surface area contributed by atoms with Gasteiger partial charge < -0.3 is 39.5 Å². The number of aliphatic hydroxyl groups excluding tert-OH is 2. The molecule has 17 heteroatoms. The Labute approximate surface area is 275 Å². The van der Waals surface area contributed by atoms with E-state index in [4.69, 9.17) is 19.0 Å². The standard InChI is InChI=1S/C31H41F3N6O8/c1-31(2,3)47-30(44)39-7-5-16(6-8-39)21-11-18(48-37-21)12-23-29(45-15-25(42)35-4)27(28(43)24(14-41)46-23)40-13-22(36-38-40)17-9-19(32)26(34)20(33)10-17/h9-10,13,16,18,23-24,27-29,41,43H,5-8,11-12,14-15H2,1-4H3,(H,35,42)/t18?,23-,24-,27+,28+,29+/m1/s1. The number of oxime groups is 1. The first kappa shape index (κ1) is 35.5. The molecule has 0 aliphatic carbocycles. The molecule has 2 fully saturated rings. The molecule has 2 aromatic rings. The number of aromatic nitrogens is 3. The van der Waals surface area contributed by atoms with Gasteiger partial charge in [0.15, 0.2) is 17.5 Å². The van der Waals surface area contributed by atoms with E-state index in [1.54, 1.807) is 4.90 Å². The number of benzene rings is 1. The van der Waals surface area contributed by atoms with Crippen LogP contribution in [-0.4, -0.2) is 117 Å². The van der Waals surface area contributed by atoms with Crippen LogP contribution in [0.4, 0.5) is 18.0 Å². The second-order valence-electron chi connectivity index (χ2n) is 13.2. The lowest BCUT2D eigenvalue weighted by Crippen LogP contribution is -2.57. The predicted molar refractivity (Wildman–Crippen MR) is 162 cm³/mol. The van der Waals surface area contributed by atoms with Crippen LogP contribution >= 0.6 is 0 Å². The van der Waals surface area contributed by atoms with E-state index in [-0.39, 0.29) is 29.7 Å². The Morgan fingerprint density at radius 2 is 1.81 bits per heavy atom. The van der Waals surface area contributed by atoms with Crippen molar-refractivity contribution in [3.05, 3.63) is 35.8 Å². The zero-order valence-corrected chi connectivity index (χ0v) is 27.1. The minimum atomic E-state index is -1.63. The second-order valence-corrected chi connectivity index (χ2v) is 13.2. The fourth-order valence-corrected chi connectivity index (χ4v) is 6.17. The van der Waals surface area contributed by atoms with Gasteiger partial charge in [-0.1, -0.05) is 10.4 Å². The number of likely N-dealkylation sites (N-methyl/N-ethyl adjacent to an activating group) is 1. The van der Waals surface area contributed by atoms with Crippen LogP contribution in [-0.2, 0) is 23.8 Å². The van der Waals surface area contributed by atoms with Gasteiger partial charge in [-0.2, -0.15) is 0 Å². The van der Waals surface area contributed by atoms with Crippen molar-refractivity contribution in [1.29, 1.82) is 0 Å². The van der Waals surface area contributed by atoms with Crippen molar-refractivity contribution in [2.45, 2.75) is 88.6 Å². The van der Waals surface area contributed by atoms with Crippen LogP contribution in [0.15, 0.2) is 23.5 Å². The minimum Gasteiger partial charge on any atom is -0.444 e. The van der Waals surface area contributed by atoms with Gasteiger partial charge in [0.1, 0.15) is 48.4 Å². The molecule has 4 heterocycles. The number of carbonyl (C=O) groups is 2. The molecular formula is C31H41F3N6O8. The Kier molecular flexibility index (Phi) is 10.9. The third-order valence-electron chi connectivity index (χ3n) is 8.61. The number of likely N-dealkylation sites (tertiary alicyclic amines) is 1. The molecule has 3 N–H and O–H groups in total. The first-order valence-corrected chi connectivity index (χ1v) is 15.8. The highest BCUT2D eigenvalue weighted by atomic mass is 19.2.